The van der Waals surface area contributed by atoms with Gasteiger partial charge in [-0.15, -0.1) is 0 Å². The molecule has 5 heteroatoms. The summed E-state index contributed by atoms with van der Waals surface area (Å²) in [5.74, 6) is 0. The Kier molecular flexibility index (Phi) is 2.33. The van der Waals surface area contributed by atoms with E-state index in [1.54, 1.807) is 18.2 Å². The van der Waals surface area contributed by atoms with Crippen LogP contribution >= 0.6 is 0 Å². The van der Waals surface area contributed by atoms with E-state index < -0.39 is 18.6 Å². The molecule has 0 saturated carbocycles. The van der Waals surface area contributed by atoms with Crippen molar-refractivity contribution in [3.63, 3.8) is 0 Å². The molecule has 0 aliphatic carbocycles. The van der Waals surface area contributed by atoms with Crippen LogP contribution in [0.25, 0.3) is 0 Å². The Bertz CT molecular complexity index is 332. The van der Waals surface area contributed by atoms with E-state index in [-0.39, 0.29) is 5.56 Å². The summed E-state index contributed by atoms with van der Waals surface area (Å²) in [6.45, 7) is 0. The molecule has 3 unspecified atom stereocenters. The van der Waals surface area contributed by atoms with Crippen molar-refractivity contribution in [2.75, 3.05) is 5.43 Å². The minimum Gasteiger partial charge on any atom is -0.318 e. The van der Waals surface area contributed by atoms with Crippen molar-refractivity contribution in [3.05, 3.63) is 29.8 Å². The third-order valence-electron chi connectivity index (χ3n) is 2.16. The highest BCUT2D eigenvalue weighted by Crippen LogP contribution is 2.33. The van der Waals surface area contributed by atoms with Gasteiger partial charge in [0.1, 0.15) is 0 Å². The summed E-state index contributed by atoms with van der Waals surface area (Å²) >= 11 is 0. The first kappa shape index (κ1) is 9.33. The fourth-order valence-electron chi connectivity index (χ4n) is 1.40. The number of hydrazine groups is 1. The molecule has 0 bridgehead atoms. The fraction of sp³-hybridized carbons (Fsp3) is 0.333. The maximum atomic E-state index is 13.4. The Labute approximate surface area is 79.1 Å². The molecule has 0 spiro atoms. The Balaban J connectivity index is 2.40. The summed E-state index contributed by atoms with van der Waals surface area (Å²) in [5, 5.41) is 0. The number of hydrogen-bond acceptors (Lipinski definition) is 2. The van der Waals surface area contributed by atoms with Gasteiger partial charge in [0.15, 0.2) is 12.3 Å². The van der Waals surface area contributed by atoms with Gasteiger partial charge in [-0.3, -0.25) is 0 Å². The lowest BCUT2D eigenvalue weighted by Crippen LogP contribution is -2.36. The zero-order chi connectivity index (χ0) is 10.1. The number of halogens is 3. The average molecular weight is 202 g/mol. The van der Waals surface area contributed by atoms with Crippen molar-refractivity contribution in [3.8, 4) is 0 Å². The maximum Gasteiger partial charge on any atom is 0.201 e. The first-order valence-electron chi connectivity index (χ1n) is 4.23. The monoisotopic (exact) mass is 202 g/mol. The molecule has 0 aromatic heterocycles. The predicted octanol–water partition coefficient (Wildman–Crippen LogP) is 2.26. The van der Waals surface area contributed by atoms with Gasteiger partial charge in [0.25, 0.3) is 0 Å². The van der Waals surface area contributed by atoms with Crippen molar-refractivity contribution >= 4 is 5.69 Å². The van der Waals surface area contributed by atoms with E-state index in [0.29, 0.717) is 5.69 Å². The van der Waals surface area contributed by atoms with Crippen LogP contribution in [0.3, 0.4) is 0 Å². The molecule has 0 saturated heterocycles. The van der Waals surface area contributed by atoms with Crippen LogP contribution < -0.4 is 10.9 Å². The second-order valence-corrected chi connectivity index (χ2v) is 3.10. The van der Waals surface area contributed by atoms with Crippen LogP contribution in [0, 0.1) is 0 Å². The number of nitrogens with one attached hydrogen (secondary N) is 2. The molecule has 0 amide bonds. The number of hydrogen-bond donors (Lipinski definition) is 2. The molecular weight excluding hydrogens is 193 g/mol. The predicted molar refractivity (Wildman–Crippen MR) is 46.8 cm³/mol. The molecule has 1 aromatic carbocycles. The number of fused-ring (bicyclic) bond motifs is 1. The lowest BCUT2D eigenvalue weighted by atomic mass is 10.1. The van der Waals surface area contributed by atoms with E-state index in [2.05, 4.69) is 5.43 Å². The van der Waals surface area contributed by atoms with Crippen LogP contribution in [-0.4, -0.2) is 12.5 Å². The maximum absolute atomic E-state index is 13.4. The molecule has 0 radical (unpaired) electrons. The van der Waals surface area contributed by atoms with Gasteiger partial charge < -0.3 is 5.43 Å². The van der Waals surface area contributed by atoms with E-state index in [1.165, 1.54) is 6.07 Å². The van der Waals surface area contributed by atoms with Gasteiger partial charge >= 0.3 is 0 Å². The van der Waals surface area contributed by atoms with E-state index >= 15 is 0 Å². The summed E-state index contributed by atoms with van der Waals surface area (Å²) in [7, 11) is 0. The zero-order valence-corrected chi connectivity index (χ0v) is 7.18. The van der Waals surface area contributed by atoms with Crippen molar-refractivity contribution < 1.29 is 13.2 Å². The van der Waals surface area contributed by atoms with Crippen LogP contribution in [-0.2, 0) is 0 Å². The Morgan fingerprint density at radius 1 is 1.07 bits per heavy atom. The van der Waals surface area contributed by atoms with Crippen LogP contribution in [0.2, 0.25) is 0 Å². The van der Waals surface area contributed by atoms with Crippen LogP contribution in [0.5, 0.6) is 0 Å². The molecule has 2 N–H and O–H groups in total. The zero-order valence-electron chi connectivity index (χ0n) is 7.18. The third-order valence-corrected chi connectivity index (χ3v) is 2.16. The topological polar surface area (TPSA) is 24.1 Å². The molecular formula is C9H9F3N2. The average Bonchev–Trinajstić information content (AvgIpc) is 2.32. The number of anilines is 1. The fourth-order valence-corrected chi connectivity index (χ4v) is 1.40. The normalized spacial score (nSPS) is 31.5. The van der Waals surface area contributed by atoms with Crippen LogP contribution in [0.1, 0.15) is 11.7 Å². The Hall–Kier alpha value is -1.23. The Morgan fingerprint density at radius 2 is 1.79 bits per heavy atom. The largest absolute Gasteiger partial charge is 0.318 e. The minimum absolute atomic E-state index is 0.132. The summed E-state index contributed by atoms with van der Waals surface area (Å²) in [4.78, 5) is 0. The second kappa shape index (κ2) is 3.49. The van der Waals surface area contributed by atoms with Gasteiger partial charge in [0.2, 0.25) is 6.30 Å². The summed E-state index contributed by atoms with van der Waals surface area (Å²) < 4.78 is 39.3. The molecule has 1 aliphatic heterocycles. The van der Waals surface area contributed by atoms with Gasteiger partial charge in [-0.25, -0.2) is 18.6 Å². The lowest BCUT2D eigenvalue weighted by Gasteiger charge is -2.13. The molecule has 76 valence electrons. The van der Waals surface area contributed by atoms with Crippen LogP contribution in [0.15, 0.2) is 24.3 Å². The third kappa shape index (κ3) is 1.43. The van der Waals surface area contributed by atoms with Gasteiger partial charge in [0, 0.05) is 5.56 Å². The van der Waals surface area contributed by atoms with E-state index in [0.717, 1.165) is 0 Å². The molecule has 2 nitrogen and oxygen atoms in total. The van der Waals surface area contributed by atoms with Crippen LogP contribution in [0.4, 0.5) is 18.9 Å². The standard InChI is InChI=1S/C9H9F3N2/c10-7-5-3-1-2-4-6(5)13-14-9(12)8(7)11/h1-4,7-9,13-14H. The molecule has 2 rings (SSSR count). The van der Waals surface area contributed by atoms with Crippen molar-refractivity contribution in [1.29, 1.82) is 0 Å². The van der Waals surface area contributed by atoms with E-state index in [9.17, 15) is 13.2 Å². The van der Waals surface area contributed by atoms with Crippen molar-refractivity contribution in [2.45, 2.75) is 18.6 Å². The number of para-hydroxylation sites is 1. The number of alkyl halides is 3. The lowest BCUT2D eigenvalue weighted by molar-refractivity contribution is 0.0719. The number of rotatable bonds is 0. The highest BCUT2D eigenvalue weighted by Gasteiger charge is 2.34. The molecule has 1 aliphatic rings. The quantitative estimate of drug-likeness (QED) is 0.630. The summed E-state index contributed by atoms with van der Waals surface area (Å²) in [6, 6.07) is 6.23. The van der Waals surface area contributed by atoms with Gasteiger partial charge in [-0.1, -0.05) is 18.2 Å². The molecule has 1 heterocycles. The highest BCUT2D eigenvalue weighted by molar-refractivity contribution is 5.52. The molecule has 14 heavy (non-hydrogen) atoms. The van der Waals surface area contributed by atoms with Gasteiger partial charge in [-0.2, -0.15) is 0 Å². The summed E-state index contributed by atoms with van der Waals surface area (Å²) in [5.41, 5.74) is 4.98. The van der Waals surface area contributed by atoms with Crippen molar-refractivity contribution in [1.82, 2.24) is 5.43 Å². The molecule has 0 fully saturated rings. The molecule has 3 atom stereocenters. The van der Waals surface area contributed by atoms with E-state index in [1.807, 2.05) is 5.43 Å². The van der Waals surface area contributed by atoms with Gasteiger partial charge in [-0.05, 0) is 6.07 Å². The molecule has 1 aromatic rings. The first-order chi connectivity index (χ1) is 6.70. The first-order valence-corrected chi connectivity index (χ1v) is 4.23. The SMILES string of the molecule is FC1NNc2ccccc2C(F)C1F. The number of benzene rings is 1. The van der Waals surface area contributed by atoms with Crippen molar-refractivity contribution in [2.24, 2.45) is 0 Å². The second-order valence-electron chi connectivity index (χ2n) is 3.10. The highest BCUT2D eigenvalue weighted by atomic mass is 19.2. The Morgan fingerprint density at radius 3 is 2.57 bits per heavy atom. The van der Waals surface area contributed by atoms with E-state index in [4.69, 9.17) is 0 Å². The minimum atomic E-state index is -2.19. The smallest absolute Gasteiger partial charge is 0.201 e. The summed E-state index contributed by atoms with van der Waals surface area (Å²) in [6.07, 6.45) is -6.17. The van der Waals surface area contributed by atoms with Gasteiger partial charge in [0.05, 0.1) is 5.69 Å².